The van der Waals surface area contributed by atoms with Gasteiger partial charge in [-0.2, -0.15) is 11.8 Å². The van der Waals surface area contributed by atoms with Crippen LogP contribution >= 0.6 is 11.8 Å². The summed E-state index contributed by atoms with van der Waals surface area (Å²) in [5, 5.41) is 2.73. The quantitative estimate of drug-likeness (QED) is 0.345. The second-order valence-corrected chi connectivity index (χ2v) is 7.02. The first kappa shape index (κ1) is 22.4. The van der Waals surface area contributed by atoms with Gasteiger partial charge in [-0.3, -0.25) is 4.79 Å². The third kappa shape index (κ3) is 7.91. The van der Waals surface area contributed by atoms with Crippen LogP contribution in [0.25, 0.3) is 6.08 Å². The Morgan fingerprint density at radius 1 is 1.03 bits per heavy atom. The van der Waals surface area contributed by atoms with E-state index in [9.17, 15) is 9.59 Å². The SMILES string of the molecule is COc1cccc(/C=C/C(=O)OCC(=O)NCCSCc2ccccc2)c1OC. The van der Waals surface area contributed by atoms with Gasteiger partial charge in [0, 0.05) is 29.7 Å². The summed E-state index contributed by atoms with van der Waals surface area (Å²) in [6.07, 6.45) is 2.81. The summed E-state index contributed by atoms with van der Waals surface area (Å²) in [4.78, 5) is 23.6. The van der Waals surface area contributed by atoms with Gasteiger partial charge in [-0.05, 0) is 17.7 Å². The molecule has 0 aliphatic rings. The van der Waals surface area contributed by atoms with E-state index in [-0.39, 0.29) is 12.5 Å². The second-order valence-electron chi connectivity index (χ2n) is 5.91. The molecule has 154 valence electrons. The van der Waals surface area contributed by atoms with Gasteiger partial charge in [0.25, 0.3) is 5.91 Å². The van der Waals surface area contributed by atoms with Crippen LogP contribution in [0.2, 0.25) is 0 Å². The maximum Gasteiger partial charge on any atom is 0.331 e. The average Bonchev–Trinajstić information content (AvgIpc) is 2.76. The maximum absolute atomic E-state index is 11.8. The molecule has 0 heterocycles. The summed E-state index contributed by atoms with van der Waals surface area (Å²) in [7, 11) is 3.06. The summed E-state index contributed by atoms with van der Waals surface area (Å²) in [5.74, 6) is 1.82. The third-order valence-corrected chi connectivity index (χ3v) is 4.89. The zero-order valence-electron chi connectivity index (χ0n) is 16.6. The van der Waals surface area contributed by atoms with Gasteiger partial charge in [0.15, 0.2) is 18.1 Å². The van der Waals surface area contributed by atoms with E-state index in [0.717, 1.165) is 11.5 Å². The van der Waals surface area contributed by atoms with Gasteiger partial charge in [0.05, 0.1) is 14.2 Å². The molecule has 2 aromatic rings. The van der Waals surface area contributed by atoms with Gasteiger partial charge in [-0.25, -0.2) is 4.79 Å². The van der Waals surface area contributed by atoms with Crippen LogP contribution in [0.5, 0.6) is 11.5 Å². The highest BCUT2D eigenvalue weighted by Gasteiger charge is 2.08. The number of amides is 1. The first-order valence-corrected chi connectivity index (χ1v) is 10.2. The molecule has 2 rings (SSSR count). The molecule has 29 heavy (non-hydrogen) atoms. The van der Waals surface area contributed by atoms with Gasteiger partial charge in [0.1, 0.15) is 0 Å². The number of methoxy groups -OCH3 is 2. The van der Waals surface area contributed by atoms with Crippen LogP contribution in [0.3, 0.4) is 0 Å². The number of hydrogen-bond acceptors (Lipinski definition) is 6. The van der Waals surface area contributed by atoms with Crippen LogP contribution in [0.1, 0.15) is 11.1 Å². The Kier molecular flexibility index (Phi) is 9.65. The molecule has 0 saturated heterocycles. The molecule has 0 radical (unpaired) electrons. The number of thioether (sulfide) groups is 1. The number of para-hydroxylation sites is 1. The molecule has 6 nitrogen and oxygen atoms in total. The van der Waals surface area contributed by atoms with Gasteiger partial charge < -0.3 is 19.5 Å². The number of carbonyl (C=O) groups is 2. The molecular formula is C22H25NO5S. The van der Waals surface area contributed by atoms with Crippen LogP contribution in [-0.4, -0.2) is 45.0 Å². The fraction of sp³-hybridized carbons (Fsp3) is 0.273. The lowest BCUT2D eigenvalue weighted by Gasteiger charge is -2.09. The van der Waals surface area contributed by atoms with E-state index in [1.165, 1.54) is 18.7 Å². The second kappa shape index (κ2) is 12.5. The van der Waals surface area contributed by atoms with Gasteiger partial charge in [0.2, 0.25) is 0 Å². The van der Waals surface area contributed by atoms with Gasteiger partial charge in [-0.15, -0.1) is 0 Å². The number of carbonyl (C=O) groups excluding carboxylic acids is 2. The van der Waals surface area contributed by atoms with E-state index in [1.807, 2.05) is 18.2 Å². The largest absolute Gasteiger partial charge is 0.493 e. The molecular weight excluding hydrogens is 390 g/mol. The van der Waals surface area contributed by atoms with Crippen LogP contribution in [0.4, 0.5) is 0 Å². The zero-order chi connectivity index (χ0) is 20.9. The van der Waals surface area contributed by atoms with E-state index >= 15 is 0 Å². The van der Waals surface area contributed by atoms with Crippen molar-refractivity contribution in [3.05, 3.63) is 65.7 Å². The van der Waals surface area contributed by atoms with Crippen LogP contribution in [-0.2, 0) is 20.1 Å². The summed E-state index contributed by atoms with van der Waals surface area (Å²) >= 11 is 1.73. The fourth-order valence-electron chi connectivity index (χ4n) is 2.46. The van der Waals surface area contributed by atoms with Crippen molar-refractivity contribution in [2.24, 2.45) is 0 Å². The van der Waals surface area contributed by atoms with Crippen molar-refractivity contribution < 1.29 is 23.8 Å². The lowest BCUT2D eigenvalue weighted by molar-refractivity contribution is -0.143. The highest BCUT2D eigenvalue weighted by Crippen LogP contribution is 2.31. The molecule has 0 saturated carbocycles. The first-order chi connectivity index (χ1) is 14.1. The Hall–Kier alpha value is -2.93. The molecule has 0 fully saturated rings. The lowest BCUT2D eigenvalue weighted by Crippen LogP contribution is -2.30. The van der Waals surface area contributed by atoms with E-state index in [0.29, 0.717) is 23.6 Å². The molecule has 1 N–H and O–H groups in total. The third-order valence-electron chi connectivity index (χ3n) is 3.86. The Balaban J connectivity index is 1.67. The molecule has 0 spiro atoms. The van der Waals surface area contributed by atoms with Crippen molar-refractivity contribution in [3.63, 3.8) is 0 Å². The minimum atomic E-state index is -0.608. The topological polar surface area (TPSA) is 73.9 Å². The number of benzene rings is 2. The Morgan fingerprint density at radius 2 is 1.83 bits per heavy atom. The lowest BCUT2D eigenvalue weighted by atomic mass is 10.1. The maximum atomic E-state index is 11.8. The summed E-state index contributed by atoms with van der Waals surface area (Å²) in [6.45, 7) is 0.201. The minimum Gasteiger partial charge on any atom is -0.493 e. The number of esters is 1. The minimum absolute atomic E-state index is 0.318. The number of ether oxygens (including phenoxy) is 3. The van der Waals surface area contributed by atoms with Crippen molar-refractivity contribution in [2.45, 2.75) is 5.75 Å². The van der Waals surface area contributed by atoms with Gasteiger partial charge in [-0.1, -0.05) is 42.5 Å². The number of hydrogen-bond donors (Lipinski definition) is 1. The monoisotopic (exact) mass is 415 g/mol. The van der Waals surface area contributed by atoms with E-state index in [2.05, 4.69) is 17.4 Å². The first-order valence-electron chi connectivity index (χ1n) is 9.08. The van der Waals surface area contributed by atoms with Crippen molar-refractivity contribution in [2.75, 3.05) is 33.1 Å². The predicted octanol–water partition coefficient (Wildman–Crippen LogP) is 3.31. The molecule has 0 unspecified atom stereocenters. The van der Waals surface area contributed by atoms with E-state index in [1.54, 1.807) is 43.1 Å². The molecule has 0 bridgehead atoms. The molecule has 0 aliphatic heterocycles. The van der Waals surface area contributed by atoms with Crippen LogP contribution in [0.15, 0.2) is 54.6 Å². The fourth-order valence-corrected chi connectivity index (χ4v) is 3.28. The smallest absolute Gasteiger partial charge is 0.331 e. The predicted molar refractivity (Wildman–Crippen MR) is 115 cm³/mol. The van der Waals surface area contributed by atoms with E-state index in [4.69, 9.17) is 14.2 Å². The highest BCUT2D eigenvalue weighted by molar-refractivity contribution is 7.98. The summed E-state index contributed by atoms with van der Waals surface area (Å²) in [6, 6.07) is 15.5. The normalized spacial score (nSPS) is 10.6. The molecule has 0 aromatic heterocycles. The van der Waals surface area contributed by atoms with Crippen LogP contribution in [0, 0.1) is 0 Å². The Labute approximate surface area is 175 Å². The highest BCUT2D eigenvalue weighted by atomic mass is 32.2. The number of nitrogens with one attached hydrogen (secondary N) is 1. The summed E-state index contributed by atoms with van der Waals surface area (Å²) in [5.41, 5.74) is 1.92. The summed E-state index contributed by atoms with van der Waals surface area (Å²) < 4.78 is 15.5. The molecule has 7 heteroatoms. The number of rotatable bonds is 11. The standard InChI is InChI=1S/C22H25NO5S/c1-26-19-10-6-9-18(22(19)27-2)11-12-21(25)28-15-20(24)23-13-14-29-16-17-7-4-3-5-8-17/h3-12H,13-16H2,1-2H3,(H,23,24)/b12-11+. The van der Waals surface area contributed by atoms with Gasteiger partial charge >= 0.3 is 5.97 Å². The van der Waals surface area contributed by atoms with Crippen molar-refractivity contribution in [1.29, 1.82) is 0 Å². The van der Waals surface area contributed by atoms with Crippen LogP contribution < -0.4 is 14.8 Å². The van der Waals surface area contributed by atoms with Crippen molar-refractivity contribution in [1.82, 2.24) is 5.32 Å². The Bertz CT molecular complexity index is 823. The average molecular weight is 416 g/mol. The van der Waals surface area contributed by atoms with Crippen molar-refractivity contribution in [3.8, 4) is 11.5 Å². The molecule has 2 aromatic carbocycles. The van der Waals surface area contributed by atoms with Crippen molar-refractivity contribution >= 4 is 29.7 Å². The molecule has 0 atom stereocenters. The molecule has 0 aliphatic carbocycles. The zero-order valence-corrected chi connectivity index (χ0v) is 17.4. The van der Waals surface area contributed by atoms with E-state index < -0.39 is 5.97 Å². The molecule has 1 amide bonds. The Morgan fingerprint density at radius 3 is 2.55 bits per heavy atom.